The fourth-order valence-electron chi connectivity index (χ4n) is 3.73. The van der Waals surface area contributed by atoms with Gasteiger partial charge in [-0.25, -0.2) is 0 Å². The molecule has 0 radical (unpaired) electrons. The zero-order valence-electron chi connectivity index (χ0n) is 13.3. The number of carbonyl (C=O) groups excluding carboxylic acids is 1. The van der Waals surface area contributed by atoms with E-state index in [1.165, 1.54) is 12.8 Å². The third kappa shape index (κ3) is 2.54. The van der Waals surface area contributed by atoms with Crippen LogP contribution in [0.4, 0.5) is 0 Å². The van der Waals surface area contributed by atoms with Crippen molar-refractivity contribution in [2.24, 2.45) is 23.7 Å². The highest BCUT2D eigenvalue weighted by atomic mass is 16.2. The average Bonchev–Trinajstić information content (AvgIpc) is 2.82. The van der Waals surface area contributed by atoms with Gasteiger partial charge in [-0.3, -0.25) is 10.1 Å². The molecule has 0 aromatic heterocycles. The second-order valence-corrected chi connectivity index (χ2v) is 7.30. The third-order valence-corrected chi connectivity index (χ3v) is 5.25. The quantitative estimate of drug-likeness (QED) is 0.852. The molecule has 1 saturated heterocycles. The molecule has 19 heavy (non-hydrogen) atoms. The van der Waals surface area contributed by atoms with Gasteiger partial charge in [0.15, 0.2) is 0 Å². The molecular formula is C16H30N2O. The minimum atomic E-state index is 0.00973. The molecule has 5 atom stereocenters. The van der Waals surface area contributed by atoms with Crippen molar-refractivity contribution in [1.29, 1.82) is 0 Å². The minimum Gasteiger partial charge on any atom is -0.322 e. The molecule has 5 unspecified atom stereocenters. The number of nitrogens with zero attached hydrogens (tertiary/aromatic N) is 1. The smallest absolute Gasteiger partial charge is 0.241 e. The lowest BCUT2D eigenvalue weighted by atomic mass is 9.95. The van der Waals surface area contributed by atoms with Crippen molar-refractivity contribution in [3.05, 3.63) is 0 Å². The molecule has 0 aromatic rings. The van der Waals surface area contributed by atoms with Crippen LogP contribution in [0.2, 0.25) is 0 Å². The van der Waals surface area contributed by atoms with Crippen LogP contribution in [0.25, 0.3) is 0 Å². The molecule has 2 aliphatic rings. The molecule has 2 rings (SSSR count). The third-order valence-electron chi connectivity index (χ3n) is 5.25. The van der Waals surface area contributed by atoms with Gasteiger partial charge < -0.3 is 4.90 Å². The second-order valence-electron chi connectivity index (χ2n) is 7.30. The summed E-state index contributed by atoms with van der Waals surface area (Å²) in [5.41, 5.74) is 0. The van der Waals surface area contributed by atoms with Crippen LogP contribution in [0.5, 0.6) is 0 Å². The van der Waals surface area contributed by atoms with Gasteiger partial charge in [-0.2, -0.15) is 0 Å². The van der Waals surface area contributed by atoms with E-state index >= 15 is 0 Å². The Bertz CT molecular complexity index is 340. The number of hydrogen-bond acceptors (Lipinski definition) is 2. The monoisotopic (exact) mass is 266 g/mol. The lowest BCUT2D eigenvalue weighted by Crippen LogP contribution is -2.48. The average molecular weight is 266 g/mol. The van der Waals surface area contributed by atoms with E-state index in [1.807, 2.05) is 0 Å². The lowest BCUT2D eigenvalue weighted by molar-refractivity contribution is -0.134. The van der Waals surface area contributed by atoms with Crippen molar-refractivity contribution in [2.45, 2.75) is 72.6 Å². The fraction of sp³-hybridized carbons (Fsp3) is 0.938. The maximum absolute atomic E-state index is 12.8. The molecule has 110 valence electrons. The number of amides is 1. The van der Waals surface area contributed by atoms with Gasteiger partial charge >= 0.3 is 0 Å². The van der Waals surface area contributed by atoms with Crippen molar-refractivity contribution in [1.82, 2.24) is 10.2 Å². The number of hydrogen-bond donors (Lipinski definition) is 1. The molecule has 2 fully saturated rings. The van der Waals surface area contributed by atoms with E-state index in [1.54, 1.807) is 0 Å². The molecule has 1 amide bonds. The molecule has 1 aliphatic carbocycles. The molecule has 3 heteroatoms. The summed E-state index contributed by atoms with van der Waals surface area (Å²) in [6.45, 7) is 13.3. The standard InChI is InChI=1S/C16H30N2O/c1-9(2)14-16(19)18(15(17-14)10(3)4)13-8-7-11(5)12(13)6/h9-15,17H,7-8H2,1-6H3. The van der Waals surface area contributed by atoms with Crippen molar-refractivity contribution < 1.29 is 4.79 Å². The molecule has 0 spiro atoms. The predicted molar refractivity (Wildman–Crippen MR) is 78.6 cm³/mol. The normalized spacial score (nSPS) is 39.9. The second kappa shape index (κ2) is 5.43. The summed E-state index contributed by atoms with van der Waals surface area (Å²) >= 11 is 0. The SMILES string of the molecule is CC(C)C1NC(C(C)C)N(C2CCC(C)C2C)C1=O. The van der Waals surface area contributed by atoms with E-state index in [9.17, 15) is 4.79 Å². The van der Waals surface area contributed by atoms with Gasteiger partial charge in [0.25, 0.3) is 0 Å². The van der Waals surface area contributed by atoms with Crippen LogP contribution in [0, 0.1) is 23.7 Å². The van der Waals surface area contributed by atoms with Crippen LogP contribution in [0.1, 0.15) is 54.4 Å². The van der Waals surface area contributed by atoms with Gasteiger partial charge in [0.1, 0.15) is 0 Å². The summed E-state index contributed by atoms with van der Waals surface area (Å²) in [5.74, 6) is 2.53. The molecule has 0 aromatic carbocycles. The van der Waals surface area contributed by atoms with Crippen LogP contribution in [0.3, 0.4) is 0 Å². The molecule has 1 aliphatic heterocycles. The van der Waals surface area contributed by atoms with E-state index in [4.69, 9.17) is 0 Å². The Morgan fingerprint density at radius 2 is 1.74 bits per heavy atom. The van der Waals surface area contributed by atoms with Crippen LogP contribution in [0.15, 0.2) is 0 Å². The number of rotatable bonds is 3. The molecule has 0 bridgehead atoms. The van der Waals surface area contributed by atoms with Gasteiger partial charge in [0.2, 0.25) is 5.91 Å². The summed E-state index contributed by atoms with van der Waals surface area (Å²) in [5, 5.41) is 3.58. The highest BCUT2D eigenvalue weighted by Crippen LogP contribution is 2.38. The van der Waals surface area contributed by atoms with Gasteiger partial charge in [0, 0.05) is 6.04 Å². The van der Waals surface area contributed by atoms with E-state index < -0.39 is 0 Å². The Kier molecular flexibility index (Phi) is 4.24. The Hall–Kier alpha value is -0.570. The maximum Gasteiger partial charge on any atom is 0.241 e. The Labute approximate surface area is 118 Å². The first kappa shape index (κ1) is 14.8. The fourth-order valence-corrected chi connectivity index (χ4v) is 3.73. The summed E-state index contributed by atoms with van der Waals surface area (Å²) < 4.78 is 0. The summed E-state index contributed by atoms with van der Waals surface area (Å²) in [6, 6.07) is 0.446. The first-order valence-corrected chi connectivity index (χ1v) is 7.92. The number of carbonyl (C=O) groups is 1. The van der Waals surface area contributed by atoms with Crippen LogP contribution >= 0.6 is 0 Å². The first-order chi connectivity index (χ1) is 8.84. The predicted octanol–water partition coefficient (Wildman–Crippen LogP) is 2.86. The Balaban J connectivity index is 2.23. The minimum absolute atomic E-state index is 0.00973. The molecule has 1 heterocycles. The van der Waals surface area contributed by atoms with Gasteiger partial charge in [0.05, 0.1) is 12.2 Å². The zero-order valence-corrected chi connectivity index (χ0v) is 13.3. The highest BCUT2D eigenvalue weighted by Gasteiger charge is 2.47. The number of nitrogens with one attached hydrogen (secondary N) is 1. The topological polar surface area (TPSA) is 32.3 Å². The van der Waals surface area contributed by atoms with Gasteiger partial charge in [-0.1, -0.05) is 41.5 Å². The van der Waals surface area contributed by atoms with Crippen LogP contribution < -0.4 is 5.32 Å². The largest absolute Gasteiger partial charge is 0.322 e. The molecule has 1 saturated carbocycles. The first-order valence-electron chi connectivity index (χ1n) is 7.92. The Morgan fingerprint density at radius 3 is 2.16 bits per heavy atom. The maximum atomic E-state index is 12.8. The van der Waals surface area contributed by atoms with Crippen LogP contribution in [-0.4, -0.2) is 29.1 Å². The van der Waals surface area contributed by atoms with E-state index in [2.05, 4.69) is 51.8 Å². The lowest BCUT2D eigenvalue weighted by Gasteiger charge is -2.35. The van der Waals surface area contributed by atoms with Crippen molar-refractivity contribution >= 4 is 5.91 Å². The van der Waals surface area contributed by atoms with Gasteiger partial charge in [-0.05, 0) is 36.5 Å². The molecule has 1 N–H and O–H groups in total. The summed E-state index contributed by atoms with van der Waals surface area (Å²) in [7, 11) is 0. The molecular weight excluding hydrogens is 236 g/mol. The summed E-state index contributed by atoms with van der Waals surface area (Å²) in [4.78, 5) is 15.0. The van der Waals surface area contributed by atoms with E-state index in [-0.39, 0.29) is 12.2 Å². The van der Waals surface area contributed by atoms with E-state index in [0.717, 1.165) is 5.92 Å². The molecule has 3 nitrogen and oxygen atoms in total. The van der Waals surface area contributed by atoms with Crippen LogP contribution in [-0.2, 0) is 4.79 Å². The Morgan fingerprint density at radius 1 is 1.11 bits per heavy atom. The highest BCUT2D eigenvalue weighted by molar-refractivity contribution is 5.85. The van der Waals surface area contributed by atoms with E-state index in [0.29, 0.717) is 29.7 Å². The van der Waals surface area contributed by atoms with Crippen molar-refractivity contribution in [3.63, 3.8) is 0 Å². The van der Waals surface area contributed by atoms with Crippen molar-refractivity contribution in [2.75, 3.05) is 0 Å². The van der Waals surface area contributed by atoms with Crippen molar-refractivity contribution in [3.8, 4) is 0 Å². The van der Waals surface area contributed by atoms with Gasteiger partial charge in [-0.15, -0.1) is 0 Å². The zero-order chi connectivity index (χ0) is 14.3. The summed E-state index contributed by atoms with van der Waals surface area (Å²) in [6.07, 6.45) is 2.65.